The number of nitrogens with one attached hydrogen (secondary N) is 1. The van der Waals surface area contributed by atoms with Gasteiger partial charge in [-0.3, -0.25) is 4.79 Å². The number of carbonyl (C=O) groups is 1. The second kappa shape index (κ2) is 8.01. The molecule has 0 bridgehead atoms. The van der Waals surface area contributed by atoms with Crippen LogP contribution in [-0.4, -0.2) is 14.3 Å². The zero-order valence-electron chi connectivity index (χ0n) is 14.8. The molecule has 3 aromatic carbocycles. The molecule has 0 aliphatic carbocycles. The van der Waals surface area contributed by atoms with E-state index >= 15 is 0 Å². The third-order valence-corrected chi connectivity index (χ3v) is 5.68. The highest BCUT2D eigenvalue weighted by atomic mass is 32.2. The molecular formula is C22H19NO3S. The lowest BCUT2D eigenvalue weighted by Crippen LogP contribution is -2.27. The minimum Gasteiger partial charge on any atom is -0.312 e. The third kappa shape index (κ3) is 4.51. The fourth-order valence-electron chi connectivity index (χ4n) is 2.50. The summed E-state index contributed by atoms with van der Waals surface area (Å²) in [6, 6.07) is 24.1. The largest absolute Gasteiger partial charge is 0.312 e. The average Bonchev–Trinajstić information content (AvgIpc) is 2.69. The van der Waals surface area contributed by atoms with E-state index in [4.69, 9.17) is 0 Å². The van der Waals surface area contributed by atoms with Gasteiger partial charge in [0.1, 0.15) is 5.03 Å². The van der Waals surface area contributed by atoms with Gasteiger partial charge in [0, 0.05) is 5.56 Å². The molecule has 3 rings (SSSR count). The molecule has 0 saturated carbocycles. The molecule has 0 aromatic heterocycles. The Kier molecular flexibility index (Phi) is 5.52. The van der Waals surface area contributed by atoms with Gasteiger partial charge in [0.2, 0.25) is 9.84 Å². The predicted octanol–water partition coefficient (Wildman–Crippen LogP) is 4.20. The van der Waals surface area contributed by atoms with E-state index in [0.29, 0.717) is 11.1 Å². The van der Waals surface area contributed by atoms with Crippen LogP contribution in [0, 0.1) is 6.92 Å². The van der Waals surface area contributed by atoms with Crippen LogP contribution in [0.15, 0.2) is 94.9 Å². The molecule has 0 atom stereocenters. The Bertz CT molecular complexity index is 1060. The maximum atomic E-state index is 13.1. The quantitative estimate of drug-likeness (QED) is 0.725. The number of sulfone groups is 1. The second-order valence-electron chi connectivity index (χ2n) is 6.06. The third-order valence-electron chi connectivity index (χ3n) is 3.99. The van der Waals surface area contributed by atoms with Crippen LogP contribution in [-0.2, 0) is 9.84 Å². The molecule has 3 aromatic rings. The fraction of sp³-hybridized carbons (Fsp3) is 0.0455. The van der Waals surface area contributed by atoms with Crippen molar-refractivity contribution in [2.45, 2.75) is 11.8 Å². The first-order valence-corrected chi connectivity index (χ1v) is 9.90. The van der Waals surface area contributed by atoms with E-state index in [0.717, 1.165) is 5.56 Å². The lowest BCUT2D eigenvalue weighted by atomic mass is 10.2. The van der Waals surface area contributed by atoms with Gasteiger partial charge in [-0.2, -0.15) is 0 Å². The lowest BCUT2D eigenvalue weighted by Gasteiger charge is -2.12. The summed E-state index contributed by atoms with van der Waals surface area (Å²) in [5.41, 5.74) is 2.02. The van der Waals surface area contributed by atoms with E-state index in [1.54, 1.807) is 66.7 Å². The first kappa shape index (κ1) is 18.6. The summed E-state index contributed by atoms with van der Waals surface area (Å²) in [7, 11) is -3.89. The molecule has 0 aliphatic rings. The molecule has 136 valence electrons. The Balaban J connectivity index is 2.03. The molecule has 0 spiro atoms. The predicted molar refractivity (Wildman–Crippen MR) is 107 cm³/mol. The number of amides is 1. The molecule has 0 unspecified atom stereocenters. The first-order valence-electron chi connectivity index (χ1n) is 8.42. The second-order valence-corrected chi connectivity index (χ2v) is 7.97. The molecule has 0 radical (unpaired) electrons. The smallest absolute Gasteiger partial charge is 0.256 e. The van der Waals surface area contributed by atoms with E-state index in [2.05, 4.69) is 5.32 Å². The van der Waals surface area contributed by atoms with Gasteiger partial charge < -0.3 is 5.32 Å². The topological polar surface area (TPSA) is 63.2 Å². The minimum absolute atomic E-state index is 0.128. The van der Waals surface area contributed by atoms with Crippen molar-refractivity contribution in [2.24, 2.45) is 0 Å². The summed E-state index contributed by atoms with van der Waals surface area (Å²) in [4.78, 5) is 12.7. The van der Waals surface area contributed by atoms with Crippen LogP contribution in [0.4, 0.5) is 0 Å². The van der Waals surface area contributed by atoms with E-state index in [1.165, 1.54) is 18.2 Å². The van der Waals surface area contributed by atoms with Crippen molar-refractivity contribution in [1.29, 1.82) is 0 Å². The molecule has 27 heavy (non-hydrogen) atoms. The Hall–Kier alpha value is -3.18. The average molecular weight is 377 g/mol. The standard InChI is InChI=1S/C22H19NO3S/c1-17-12-14-20(15-13-17)27(25,26)21(16-18-8-4-2-5-9-18)23-22(24)19-10-6-3-7-11-19/h2-16H,1H3,(H,23,24). The zero-order valence-corrected chi connectivity index (χ0v) is 15.6. The summed E-state index contributed by atoms with van der Waals surface area (Å²) in [6.45, 7) is 1.88. The van der Waals surface area contributed by atoms with Crippen molar-refractivity contribution in [3.05, 3.63) is 107 Å². The number of aryl methyl sites for hydroxylation is 1. The molecular weight excluding hydrogens is 358 g/mol. The van der Waals surface area contributed by atoms with Gasteiger partial charge in [-0.15, -0.1) is 0 Å². The van der Waals surface area contributed by atoms with E-state index < -0.39 is 15.7 Å². The Morgan fingerprint density at radius 2 is 1.37 bits per heavy atom. The van der Waals surface area contributed by atoms with Gasteiger partial charge in [-0.05, 0) is 42.8 Å². The normalized spacial score (nSPS) is 11.8. The molecule has 0 aliphatic heterocycles. The highest BCUT2D eigenvalue weighted by Crippen LogP contribution is 2.21. The Labute approximate surface area is 159 Å². The molecule has 0 fully saturated rings. The number of carbonyl (C=O) groups excluding carboxylic acids is 1. The summed E-state index contributed by atoms with van der Waals surface area (Å²) < 4.78 is 26.3. The van der Waals surface area contributed by atoms with Crippen LogP contribution in [0.2, 0.25) is 0 Å². The summed E-state index contributed by atoms with van der Waals surface area (Å²) in [5.74, 6) is -0.478. The van der Waals surface area contributed by atoms with Crippen molar-refractivity contribution in [1.82, 2.24) is 5.32 Å². The van der Waals surface area contributed by atoms with E-state index in [1.807, 2.05) is 13.0 Å². The highest BCUT2D eigenvalue weighted by Gasteiger charge is 2.23. The van der Waals surface area contributed by atoms with Crippen molar-refractivity contribution in [3.63, 3.8) is 0 Å². The fourth-order valence-corrected chi connectivity index (χ4v) is 3.77. The first-order chi connectivity index (χ1) is 13.0. The van der Waals surface area contributed by atoms with Gasteiger partial charge in [-0.1, -0.05) is 66.2 Å². The molecule has 4 nitrogen and oxygen atoms in total. The highest BCUT2D eigenvalue weighted by molar-refractivity contribution is 7.95. The van der Waals surface area contributed by atoms with Crippen molar-refractivity contribution < 1.29 is 13.2 Å². The van der Waals surface area contributed by atoms with E-state index in [9.17, 15) is 13.2 Å². The van der Waals surface area contributed by atoms with Gasteiger partial charge >= 0.3 is 0 Å². The maximum absolute atomic E-state index is 13.1. The summed E-state index contributed by atoms with van der Waals surface area (Å²) in [5, 5.41) is 2.41. The van der Waals surface area contributed by atoms with Crippen molar-refractivity contribution in [3.8, 4) is 0 Å². The molecule has 1 N–H and O–H groups in total. The number of rotatable bonds is 5. The minimum atomic E-state index is -3.89. The molecule has 1 amide bonds. The van der Waals surface area contributed by atoms with Crippen LogP contribution in [0.1, 0.15) is 21.5 Å². The van der Waals surface area contributed by atoms with Crippen LogP contribution in [0.25, 0.3) is 6.08 Å². The van der Waals surface area contributed by atoms with Gasteiger partial charge in [0.15, 0.2) is 0 Å². The van der Waals surface area contributed by atoms with Crippen molar-refractivity contribution >= 4 is 21.8 Å². The molecule has 0 heterocycles. The van der Waals surface area contributed by atoms with Crippen LogP contribution < -0.4 is 5.32 Å². The van der Waals surface area contributed by atoms with Crippen LogP contribution in [0.3, 0.4) is 0 Å². The summed E-state index contributed by atoms with van der Waals surface area (Å²) >= 11 is 0. The Morgan fingerprint density at radius 1 is 0.815 bits per heavy atom. The van der Waals surface area contributed by atoms with Gasteiger partial charge in [-0.25, -0.2) is 8.42 Å². The SMILES string of the molecule is Cc1ccc(S(=O)(=O)C(=Cc2ccccc2)NC(=O)c2ccccc2)cc1. The summed E-state index contributed by atoms with van der Waals surface area (Å²) in [6.07, 6.45) is 1.47. The van der Waals surface area contributed by atoms with Crippen LogP contribution >= 0.6 is 0 Å². The monoisotopic (exact) mass is 377 g/mol. The Morgan fingerprint density at radius 3 is 1.96 bits per heavy atom. The number of hydrogen-bond acceptors (Lipinski definition) is 3. The number of benzene rings is 3. The van der Waals surface area contributed by atoms with Crippen LogP contribution in [0.5, 0.6) is 0 Å². The van der Waals surface area contributed by atoms with Crippen molar-refractivity contribution in [2.75, 3.05) is 0 Å². The zero-order chi connectivity index (χ0) is 19.3. The maximum Gasteiger partial charge on any atom is 0.256 e. The molecule has 5 heteroatoms. The van der Waals surface area contributed by atoms with E-state index in [-0.39, 0.29) is 9.92 Å². The van der Waals surface area contributed by atoms with Gasteiger partial charge in [0.05, 0.1) is 4.90 Å². The molecule has 0 saturated heterocycles. The lowest BCUT2D eigenvalue weighted by molar-refractivity contribution is 0.0968. The number of hydrogen-bond donors (Lipinski definition) is 1. The van der Waals surface area contributed by atoms with Gasteiger partial charge in [0.25, 0.3) is 5.91 Å².